The fourth-order valence-electron chi connectivity index (χ4n) is 3.42. The zero-order valence-corrected chi connectivity index (χ0v) is 15.3. The zero-order chi connectivity index (χ0) is 17.9. The third-order valence-electron chi connectivity index (χ3n) is 5.15. The van der Waals surface area contributed by atoms with E-state index in [2.05, 4.69) is 49.0 Å². The summed E-state index contributed by atoms with van der Waals surface area (Å²) in [5.41, 5.74) is 1.96. The number of nitrogens with zero attached hydrogens (tertiary/aromatic N) is 8. The zero-order valence-electron chi connectivity index (χ0n) is 15.3. The summed E-state index contributed by atoms with van der Waals surface area (Å²) in [4.78, 5) is 2.36. The Hall–Kier alpha value is -2.77. The Morgan fingerprint density at radius 3 is 2.50 bits per heavy atom. The lowest BCUT2D eigenvalue weighted by atomic mass is 9.85. The van der Waals surface area contributed by atoms with Crippen LogP contribution in [-0.4, -0.2) is 48.1 Å². The quantitative estimate of drug-likeness (QED) is 0.650. The van der Waals surface area contributed by atoms with Crippen molar-refractivity contribution < 1.29 is 0 Å². The van der Waals surface area contributed by atoms with Crippen LogP contribution >= 0.6 is 0 Å². The van der Waals surface area contributed by atoms with Crippen LogP contribution in [0.25, 0.3) is 17.1 Å². The second-order valence-electron chi connectivity index (χ2n) is 6.70. The molecule has 26 heavy (non-hydrogen) atoms. The summed E-state index contributed by atoms with van der Waals surface area (Å²) < 4.78 is 3.84. The van der Waals surface area contributed by atoms with Gasteiger partial charge in [-0.15, -0.1) is 15.3 Å². The molecular formula is C18H24N8. The number of tetrazole rings is 1. The fraction of sp³-hybridized carbons (Fsp3) is 0.500. The van der Waals surface area contributed by atoms with Gasteiger partial charge >= 0.3 is 0 Å². The van der Waals surface area contributed by atoms with Crippen LogP contribution in [0.15, 0.2) is 30.6 Å². The second-order valence-corrected chi connectivity index (χ2v) is 6.70. The number of rotatable bonds is 7. The van der Waals surface area contributed by atoms with Crippen molar-refractivity contribution in [3.8, 4) is 17.1 Å². The molecule has 8 heteroatoms. The highest BCUT2D eigenvalue weighted by molar-refractivity contribution is 5.59. The van der Waals surface area contributed by atoms with Gasteiger partial charge in [0.1, 0.15) is 6.33 Å². The van der Waals surface area contributed by atoms with Crippen molar-refractivity contribution in [1.29, 1.82) is 0 Å². The number of hydrogen-bond donors (Lipinski definition) is 0. The molecule has 0 unspecified atom stereocenters. The lowest BCUT2D eigenvalue weighted by Gasteiger charge is -2.32. The summed E-state index contributed by atoms with van der Waals surface area (Å²) in [5.74, 6) is 2.68. The van der Waals surface area contributed by atoms with Crippen LogP contribution in [0.2, 0.25) is 0 Å². The Bertz CT molecular complexity index is 833. The first-order chi connectivity index (χ1) is 12.8. The van der Waals surface area contributed by atoms with Crippen molar-refractivity contribution in [2.24, 2.45) is 5.92 Å². The minimum atomic E-state index is 0.802. The predicted octanol–water partition coefficient (Wildman–Crippen LogP) is 2.57. The van der Waals surface area contributed by atoms with Gasteiger partial charge in [-0.05, 0) is 67.3 Å². The van der Waals surface area contributed by atoms with Crippen molar-refractivity contribution in [1.82, 2.24) is 35.0 Å². The number of anilines is 1. The van der Waals surface area contributed by atoms with Gasteiger partial charge in [-0.25, -0.2) is 4.68 Å². The topological polar surface area (TPSA) is 77.6 Å². The Labute approximate surface area is 152 Å². The Morgan fingerprint density at radius 1 is 1.12 bits per heavy atom. The first-order valence-corrected chi connectivity index (χ1v) is 9.32. The first kappa shape index (κ1) is 16.7. The van der Waals surface area contributed by atoms with Gasteiger partial charge in [0.25, 0.3) is 0 Å². The lowest BCUT2D eigenvalue weighted by molar-refractivity contribution is 0.316. The van der Waals surface area contributed by atoms with E-state index in [1.54, 1.807) is 11.0 Å². The number of benzene rings is 1. The maximum Gasteiger partial charge on any atom is 0.227 e. The van der Waals surface area contributed by atoms with E-state index in [0.29, 0.717) is 0 Å². The summed E-state index contributed by atoms with van der Waals surface area (Å²) in [5, 5.41) is 20.3. The van der Waals surface area contributed by atoms with E-state index in [0.717, 1.165) is 48.6 Å². The largest absolute Gasteiger partial charge is 0.341 e. The predicted molar refractivity (Wildman–Crippen MR) is 99.1 cm³/mol. The Balaban J connectivity index is 1.61. The molecule has 0 spiro atoms. The number of aromatic nitrogens is 7. The molecule has 2 heterocycles. The van der Waals surface area contributed by atoms with Crippen molar-refractivity contribution in [3.63, 3.8) is 0 Å². The van der Waals surface area contributed by atoms with Crippen LogP contribution < -0.4 is 4.90 Å². The molecule has 4 rings (SSSR count). The third kappa shape index (κ3) is 3.07. The molecule has 0 amide bonds. The molecule has 0 atom stereocenters. The van der Waals surface area contributed by atoms with Crippen LogP contribution in [0.5, 0.6) is 0 Å². The molecule has 8 nitrogen and oxygen atoms in total. The highest BCUT2D eigenvalue weighted by Gasteiger charge is 2.24. The van der Waals surface area contributed by atoms with Crippen molar-refractivity contribution in [2.75, 3.05) is 18.0 Å². The molecular weight excluding hydrogens is 328 g/mol. The van der Waals surface area contributed by atoms with E-state index in [4.69, 9.17) is 0 Å². The van der Waals surface area contributed by atoms with Crippen LogP contribution in [0.1, 0.15) is 33.1 Å². The smallest absolute Gasteiger partial charge is 0.227 e. The molecule has 136 valence electrons. The molecule has 1 saturated carbocycles. The van der Waals surface area contributed by atoms with Gasteiger partial charge in [-0.3, -0.25) is 4.57 Å². The molecule has 0 bridgehead atoms. The van der Waals surface area contributed by atoms with Crippen LogP contribution in [0.3, 0.4) is 0 Å². The molecule has 3 aromatic rings. The average Bonchev–Trinajstić information content (AvgIpc) is 3.31. The van der Waals surface area contributed by atoms with Gasteiger partial charge in [0, 0.05) is 25.2 Å². The molecule has 1 aliphatic carbocycles. The summed E-state index contributed by atoms with van der Waals surface area (Å²) >= 11 is 0. The standard InChI is InChI=1S/C18H24N8/c1-3-24(12-14-6-5-7-14)18-21-20-17(25(18)4-2)15-8-10-16(11-9-15)26-13-19-22-23-26/h8-11,13-14H,3-7,12H2,1-2H3. The van der Waals surface area contributed by atoms with Crippen molar-refractivity contribution >= 4 is 5.95 Å². The average molecular weight is 352 g/mol. The summed E-state index contributed by atoms with van der Waals surface area (Å²) in [6, 6.07) is 8.07. The fourth-order valence-corrected chi connectivity index (χ4v) is 3.42. The van der Waals surface area contributed by atoms with E-state index in [9.17, 15) is 0 Å². The highest BCUT2D eigenvalue weighted by Crippen LogP contribution is 2.30. The number of hydrogen-bond acceptors (Lipinski definition) is 6. The van der Waals surface area contributed by atoms with Crippen LogP contribution in [0, 0.1) is 5.92 Å². The SMILES string of the molecule is CCN(CC1CCC1)c1nnc(-c2ccc(-n3cnnn3)cc2)n1CC. The summed E-state index contributed by atoms with van der Waals surface area (Å²) in [6.45, 7) is 7.20. The molecule has 2 aromatic heterocycles. The summed E-state index contributed by atoms with van der Waals surface area (Å²) in [7, 11) is 0. The van der Waals surface area contributed by atoms with E-state index in [1.807, 2.05) is 24.3 Å². The lowest BCUT2D eigenvalue weighted by Crippen LogP contribution is -2.34. The minimum Gasteiger partial charge on any atom is -0.341 e. The Morgan fingerprint density at radius 2 is 1.92 bits per heavy atom. The van der Waals surface area contributed by atoms with Gasteiger partial charge < -0.3 is 4.90 Å². The van der Waals surface area contributed by atoms with Gasteiger partial charge in [-0.1, -0.05) is 6.42 Å². The van der Waals surface area contributed by atoms with Crippen molar-refractivity contribution in [3.05, 3.63) is 30.6 Å². The molecule has 1 aromatic carbocycles. The molecule has 0 aliphatic heterocycles. The summed E-state index contributed by atoms with van der Waals surface area (Å²) in [6.07, 6.45) is 5.62. The monoisotopic (exact) mass is 352 g/mol. The molecule has 0 saturated heterocycles. The molecule has 0 radical (unpaired) electrons. The second kappa shape index (κ2) is 7.23. The maximum absolute atomic E-state index is 4.52. The molecule has 0 N–H and O–H groups in total. The maximum atomic E-state index is 4.52. The van der Waals surface area contributed by atoms with E-state index >= 15 is 0 Å². The van der Waals surface area contributed by atoms with E-state index in [-0.39, 0.29) is 0 Å². The van der Waals surface area contributed by atoms with Crippen LogP contribution in [-0.2, 0) is 6.54 Å². The Kier molecular flexibility index (Phi) is 4.64. The van der Waals surface area contributed by atoms with E-state index in [1.165, 1.54) is 19.3 Å². The third-order valence-corrected chi connectivity index (χ3v) is 5.15. The first-order valence-electron chi connectivity index (χ1n) is 9.32. The minimum absolute atomic E-state index is 0.802. The van der Waals surface area contributed by atoms with Crippen molar-refractivity contribution in [2.45, 2.75) is 39.7 Å². The van der Waals surface area contributed by atoms with Gasteiger partial charge in [-0.2, -0.15) is 0 Å². The van der Waals surface area contributed by atoms with E-state index < -0.39 is 0 Å². The van der Waals surface area contributed by atoms with Gasteiger partial charge in [0.15, 0.2) is 5.82 Å². The van der Waals surface area contributed by atoms with Gasteiger partial charge in [0.2, 0.25) is 5.95 Å². The van der Waals surface area contributed by atoms with Gasteiger partial charge in [0.05, 0.1) is 5.69 Å². The normalized spacial score (nSPS) is 14.4. The van der Waals surface area contributed by atoms with Crippen LogP contribution in [0.4, 0.5) is 5.95 Å². The molecule has 1 fully saturated rings. The highest BCUT2D eigenvalue weighted by atomic mass is 15.5. The molecule has 1 aliphatic rings.